The molecule has 0 radical (unpaired) electrons. The van der Waals surface area contributed by atoms with Gasteiger partial charge in [0.25, 0.3) is 11.8 Å². The van der Waals surface area contributed by atoms with E-state index in [2.05, 4.69) is 26.6 Å². The Morgan fingerprint density at radius 3 is 2.39 bits per heavy atom. The van der Waals surface area contributed by atoms with Crippen LogP contribution in [0.1, 0.15) is 12.5 Å². The summed E-state index contributed by atoms with van der Waals surface area (Å²) in [4.78, 5) is 34.8. The van der Waals surface area contributed by atoms with Gasteiger partial charge in [-0.15, -0.1) is 0 Å². The van der Waals surface area contributed by atoms with Crippen LogP contribution in [0.15, 0.2) is 22.2 Å². The van der Waals surface area contributed by atoms with E-state index in [0.717, 1.165) is 0 Å². The molecule has 0 spiro atoms. The summed E-state index contributed by atoms with van der Waals surface area (Å²) in [6.45, 7) is 1.27. The predicted molar refractivity (Wildman–Crippen MR) is 88.9 cm³/mol. The van der Waals surface area contributed by atoms with Crippen LogP contribution in [0, 0.1) is 0 Å². The van der Waals surface area contributed by atoms with Gasteiger partial charge in [0.2, 0.25) is 0 Å². The van der Waals surface area contributed by atoms with Crippen molar-refractivity contribution < 1.29 is 23.9 Å². The van der Waals surface area contributed by atoms with Crippen molar-refractivity contribution in [1.29, 1.82) is 0 Å². The molecule has 1 aromatic rings. The maximum atomic E-state index is 11.8. The average molecular weight is 399 g/mol. The number of carbonyl (C=O) groups excluding carboxylic acids is 3. The second-order valence-corrected chi connectivity index (χ2v) is 5.69. The number of methoxy groups -OCH3 is 1. The van der Waals surface area contributed by atoms with Crippen LogP contribution in [-0.2, 0) is 14.4 Å². The smallest absolute Gasteiger partial charge is 0.308 e. The molecule has 1 aromatic carbocycles. The molecular formula is C14H11BrN2O5S. The van der Waals surface area contributed by atoms with E-state index < -0.39 is 17.8 Å². The second kappa shape index (κ2) is 6.88. The largest absolute Gasteiger partial charge is 0.493 e. The van der Waals surface area contributed by atoms with Crippen LogP contribution in [0.25, 0.3) is 6.08 Å². The van der Waals surface area contributed by atoms with Crippen molar-refractivity contribution in [1.82, 2.24) is 10.6 Å². The molecule has 0 saturated carbocycles. The third-order valence-electron chi connectivity index (χ3n) is 2.75. The highest BCUT2D eigenvalue weighted by Gasteiger charge is 2.26. The SMILES string of the molecule is COc1cc(C=C2C(=O)NC(=S)NC2=O)cc(Br)c1OC(C)=O. The molecule has 0 unspecified atom stereocenters. The fourth-order valence-corrected chi connectivity index (χ4v) is 2.56. The fourth-order valence-electron chi connectivity index (χ4n) is 1.84. The molecule has 23 heavy (non-hydrogen) atoms. The van der Waals surface area contributed by atoms with Crippen LogP contribution >= 0.6 is 28.1 Å². The van der Waals surface area contributed by atoms with Gasteiger partial charge in [-0.2, -0.15) is 0 Å². The zero-order valence-corrected chi connectivity index (χ0v) is 14.5. The molecule has 0 aromatic heterocycles. The first-order valence-corrected chi connectivity index (χ1v) is 7.46. The van der Waals surface area contributed by atoms with Gasteiger partial charge in [0, 0.05) is 6.92 Å². The number of halogens is 1. The summed E-state index contributed by atoms with van der Waals surface area (Å²) in [6.07, 6.45) is 1.37. The van der Waals surface area contributed by atoms with Crippen molar-refractivity contribution in [2.24, 2.45) is 0 Å². The number of hydrogen-bond donors (Lipinski definition) is 2. The fraction of sp³-hybridized carbons (Fsp3) is 0.143. The van der Waals surface area contributed by atoms with E-state index in [1.54, 1.807) is 6.07 Å². The van der Waals surface area contributed by atoms with Crippen molar-refractivity contribution in [2.45, 2.75) is 6.92 Å². The van der Waals surface area contributed by atoms with Crippen molar-refractivity contribution in [3.8, 4) is 11.5 Å². The van der Waals surface area contributed by atoms with Crippen LogP contribution in [0.4, 0.5) is 0 Å². The van der Waals surface area contributed by atoms with E-state index in [4.69, 9.17) is 21.7 Å². The third kappa shape index (κ3) is 3.93. The van der Waals surface area contributed by atoms with Crippen LogP contribution in [0.2, 0.25) is 0 Å². The average Bonchev–Trinajstić information content (AvgIpc) is 2.44. The number of carbonyl (C=O) groups is 3. The van der Waals surface area contributed by atoms with E-state index in [9.17, 15) is 14.4 Å². The van der Waals surface area contributed by atoms with Crippen molar-refractivity contribution in [3.63, 3.8) is 0 Å². The Balaban J connectivity index is 2.44. The number of ether oxygens (including phenoxy) is 2. The lowest BCUT2D eigenvalue weighted by Gasteiger charge is -2.16. The van der Waals surface area contributed by atoms with E-state index in [1.165, 1.54) is 26.2 Å². The number of nitrogens with one attached hydrogen (secondary N) is 2. The van der Waals surface area contributed by atoms with Crippen LogP contribution in [-0.4, -0.2) is 30.0 Å². The number of esters is 1. The van der Waals surface area contributed by atoms with E-state index >= 15 is 0 Å². The van der Waals surface area contributed by atoms with Gasteiger partial charge in [-0.1, -0.05) is 0 Å². The number of amides is 2. The van der Waals surface area contributed by atoms with Crippen molar-refractivity contribution >= 4 is 57.1 Å². The molecule has 9 heteroatoms. The molecule has 2 amide bonds. The third-order valence-corrected chi connectivity index (χ3v) is 3.55. The molecular weight excluding hydrogens is 388 g/mol. The molecule has 1 fully saturated rings. The second-order valence-electron chi connectivity index (χ2n) is 4.42. The summed E-state index contributed by atoms with van der Waals surface area (Å²) in [6, 6.07) is 3.12. The lowest BCUT2D eigenvalue weighted by Crippen LogP contribution is -2.51. The highest BCUT2D eigenvalue weighted by atomic mass is 79.9. The van der Waals surface area contributed by atoms with Crippen LogP contribution in [0.5, 0.6) is 11.5 Å². The summed E-state index contributed by atoms with van der Waals surface area (Å²) >= 11 is 7.99. The standard InChI is InChI=1S/C14H11BrN2O5S/c1-6(18)22-11-9(15)4-7(5-10(11)21-2)3-8-12(19)16-14(23)17-13(8)20/h3-5H,1-2H3,(H2,16,17,19,20,23). The minimum absolute atomic E-state index is 0.0406. The van der Waals surface area contributed by atoms with Crippen LogP contribution in [0.3, 0.4) is 0 Å². The normalized spacial score (nSPS) is 14.0. The molecule has 7 nitrogen and oxygen atoms in total. The van der Waals surface area contributed by atoms with Crippen molar-refractivity contribution in [2.75, 3.05) is 7.11 Å². The number of thiocarbonyl (C=S) groups is 1. The maximum absolute atomic E-state index is 11.8. The van der Waals surface area contributed by atoms with Gasteiger partial charge in [-0.3, -0.25) is 25.0 Å². The van der Waals surface area contributed by atoms with E-state index in [0.29, 0.717) is 10.0 Å². The first-order valence-electron chi connectivity index (χ1n) is 6.26. The summed E-state index contributed by atoms with van der Waals surface area (Å²) in [5.41, 5.74) is 0.394. The van der Waals surface area contributed by atoms with Gasteiger partial charge in [0.1, 0.15) is 5.57 Å². The predicted octanol–water partition coefficient (Wildman–Crippen LogP) is 1.30. The van der Waals surface area contributed by atoms with Gasteiger partial charge in [-0.05, 0) is 51.9 Å². The van der Waals surface area contributed by atoms with Gasteiger partial charge >= 0.3 is 5.97 Å². The monoisotopic (exact) mass is 398 g/mol. The molecule has 1 saturated heterocycles. The van der Waals surface area contributed by atoms with Gasteiger partial charge < -0.3 is 9.47 Å². The van der Waals surface area contributed by atoms with Gasteiger partial charge in [-0.25, -0.2) is 0 Å². The molecule has 1 heterocycles. The molecule has 120 valence electrons. The Hall–Kier alpha value is -2.26. The Kier molecular flexibility index (Phi) is 5.12. The maximum Gasteiger partial charge on any atom is 0.308 e. The topological polar surface area (TPSA) is 93.7 Å². The number of benzene rings is 1. The molecule has 2 N–H and O–H groups in total. The van der Waals surface area contributed by atoms with Gasteiger partial charge in [0.15, 0.2) is 16.6 Å². The first-order chi connectivity index (χ1) is 10.8. The number of rotatable bonds is 3. The summed E-state index contributed by atoms with van der Waals surface area (Å²) in [5.74, 6) is -1.22. The zero-order chi connectivity index (χ0) is 17.1. The highest BCUT2D eigenvalue weighted by molar-refractivity contribution is 9.10. The quantitative estimate of drug-likeness (QED) is 0.262. The Morgan fingerprint density at radius 1 is 1.26 bits per heavy atom. The minimum Gasteiger partial charge on any atom is -0.493 e. The number of hydrogen-bond acceptors (Lipinski definition) is 6. The molecule has 0 atom stereocenters. The first kappa shape index (κ1) is 17.1. The highest BCUT2D eigenvalue weighted by Crippen LogP contribution is 2.37. The lowest BCUT2D eigenvalue weighted by atomic mass is 10.1. The summed E-state index contributed by atoms with van der Waals surface area (Å²) < 4.78 is 10.7. The summed E-state index contributed by atoms with van der Waals surface area (Å²) in [5, 5.41) is 4.64. The van der Waals surface area contributed by atoms with Crippen LogP contribution < -0.4 is 20.1 Å². The van der Waals surface area contributed by atoms with Gasteiger partial charge in [0.05, 0.1) is 11.6 Å². The molecule has 1 aliphatic rings. The molecule has 0 aliphatic carbocycles. The molecule has 2 rings (SSSR count). The molecule has 1 aliphatic heterocycles. The minimum atomic E-state index is -0.599. The Labute approximate surface area is 145 Å². The molecule has 0 bridgehead atoms. The lowest BCUT2D eigenvalue weighted by molar-refractivity contribution is -0.132. The Morgan fingerprint density at radius 2 is 1.87 bits per heavy atom. The zero-order valence-electron chi connectivity index (χ0n) is 12.1. The van der Waals surface area contributed by atoms with E-state index in [-0.39, 0.29) is 22.2 Å². The summed E-state index contributed by atoms with van der Waals surface area (Å²) in [7, 11) is 1.41. The van der Waals surface area contributed by atoms with E-state index in [1.807, 2.05) is 0 Å². The Bertz CT molecular complexity index is 738. The van der Waals surface area contributed by atoms with Crippen molar-refractivity contribution in [3.05, 3.63) is 27.7 Å².